The zero-order valence-corrected chi connectivity index (χ0v) is 6.75. The molecule has 0 aliphatic rings. The van der Waals surface area contributed by atoms with E-state index < -0.39 is 0 Å². The summed E-state index contributed by atoms with van der Waals surface area (Å²) in [5.74, 6) is 0.401. The Bertz CT molecular complexity index is 233. The van der Waals surface area contributed by atoms with Gasteiger partial charge in [0.15, 0.2) is 0 Å². The molecule has 1 atom stereocenters. The molecule has 0 amide bonds. The Balaban J connectivity index is 2.86. The first kappa shape index (κ1) is 8.08. The van der Waals surface area contributed by atoms with Gasteiger partial charge in [0.2, 0.25) is 0 Å². The molecule has 0 aromatic heterocycles. The number of hydrogen-bond donors (Lipinski definition) is 2. The van der Waals surface area contributed by atoms with Gasteiger partial charge in [-0.15, -0.1) is 0 Å². The standard InChI is InChI=1S/C9H14N2/c1-7(6-10)8-3-2-4-9(11)5-8/h2-5,7H,6,10-11H2,1H3. The van der Waals surface area contributed by atoms with Crippen molar-refractivity contribution in [2.24, 2.45) is 5.73 Å². The number of benzene rings is 1. The van der Waals surface area contributed by atoms with Crippen LogP contribution >= 0.6 is 0 Å². The molecule has 0 spiro atoms. The van der Waals surface area contributed by atoms with Gasteiger partial charge in [0.25, 0.3) is 0 Å². The monoisotopic (exact) mass is 150 g/mol. The van der Waals surface area contributed by atoms with Gasteiger partial charge in [0.05, 0.1) is 0 Å². The Morgan fingerprint density at radius 1 is 1.45 bits per heavy atom. The maximum atomic E-state index is 5.61. The van der Waals surface area contributed by atoms with E-state index in [1.807, 2.05) is 24.3 Å². The molecular formula is C9H14N2. The number of nitrogens with two attached hydrogens (primary N) is 2. The normalized spacial score (nSPS) is 12.9. The van der Waals surface area contributed by atoms with E-state index in [9.17, 15) is 0 Å². The largest absolute Gasteiger partial charge is 0.399 e. The second-order valence-corrected chi connectivity index (χ2v) is 2.81. The summed E-state index contributed by atoms with van der Waals surface area (Å²) in [5.41, 5.74) is 13.1. The molecule has 0 saturated heterocycles. The molecule has 2 heteroatoms. The van der Waals surface area contributed by atoms with E-state index in [-0.39, 0.29) is 0 Å². The summed E-state index contributed by atoms with van der Waals surface area (Å²) in [6.07, 6.45) is 0. The van der Waals surface area contributed by atoms with Gasteiger partial charge < -0.3 is 11.5 Å². The summed E-state index contributed by atoms with van der Waals surface area (Å²) in [7, 11) is 0. The smallest absolute Gasteiger partial charge is 0.0316 e. The van der Waals surface area contributed by atoms with Crippen LogP contribution in [0.1, 0.15) is 18.4 Å². The molecule has 0 heterocycles. The molecular weight excluding hydrogens is 136 g/mol. The Hall–Kier alpha value is -1.02. The lowest BCUT2D eigenvalue weighted by Crippen LogP contribution is -2.08. The number of rotatable bonds is 2. The molecule has 1 unspecified atom stereocenters. The van der Waals surface area contributed by atoms with E-state index in [1.54, 1.807) is 0 Å². The van der Waals surface area contributed by atoms with Crippen LogP contribution in [-0.2, 0) is 0 Å². The van der Waals surface area contributed by atoms with Crippen molar-refractivity contribution in [3.05, 3.63) is 29.8 Å². The predicted octanol–water partition coefficient (Wildman–Crippen LogP) is 1.33. The Morgan fingerprint density at radius 2 is 2.18 bits per heavy atom. The van der Waals surface area contributed by atoms with Gasteiger partial charge in [0, 0.05) is 5.69 Å². The topological polar surface area (TPSA) is 52.0 Å². The van der Waals surface area contributed by atoms with Gasteiger partial charge in [0.1, 0.15) is 0 Å². The van der Waals surface area contributed by atoms with Crippen LogP contribution in [0.2, 0.25) is 0 Å². The highest BCUT2D eigenvalue weighted by molar-refractivity contribution is 5.41. The van der Waals surface area contributed by atoms with Gasteiger partial charge in [-0.05, 0) is 30.2 Å². The molecule has 2 nitrogen and oxygen atoms in total. The molecule has 60 valence electrons. The number of nitrogen functional groups attached to an aromatic ring is 1. The van der Waals surface area contributed by atoms with Gasteiger partial charge >= 0.3 is 0 Å². The fourth-order valence-corrected chi connectivity index (χ4v) is 1.00. The molecule has 0 bridgehead atoms. The molecule has 1 rings (SSSR count). The first-order valence-corrected chi connectivity index (χ1v) is 3.79. The van der Waals surface area contributed by atoms with Crippen molar-refractivity contribution in [2.75, 3.05) is 12.3 Å². The van der Waals surface area contributed by atoms with E-state index in [0.29, 0.717) is 12.5 Å². The molecule has 4 N–H and O–H groups in total. The summed E-state index contributed by atoms with van der Waals surface area (Å²) in [6, 6.07) is 7.86. The third-order valence-electron chi connectivity index (χ3n) is 1.83. The van der Waals surface area contributed by atoms with Gasteiger partial charge in [-0.1, -0.05) is 19.1 Å². The van der Waals surface area contributed by atoms with E-state index in [0.717, 1.165) is 5.69 Å². The maximum absolute atomic E-state index is 5.61. The van der Waals surface area contributed by atoms with Gasteiger partial charge in [-0.3, -0.25) is 0 Å². The number of hydrogen-bond acceptors (Lipinski definition) is 2. The van der Waals surface area contributed by atoms with Crippen LogP contribution in [0.3, 0.4) is 0 Å². The lowest BCUT2D eigenvalue weighted by molar-refractivity contribution is 0.774. The van der Waals surface area contributed by atoms with Crippen molar-refractivity contribution in [3.8, 4) is 0 Å². The quantitative estimate of drug-likeness (QED) is 0.625. The SMILES string of the molecule is CC(CN)c1cccc(N)c1. The van der Waals surface area contributed by atoms with Crippen LogP contribution in [0.5, 0.6) is 0 Å². The van der Waals surface area contributed by atoms with Crippen LogP contribution in [-0.4, -0.2) is 6.54 Å². The minimum absolute atomic E-state index is 0.401. The highest BCUT2D eigenvalue weighted by atomic mass is 14.6. The summed E-state index contributed by atoms with van der Waals surface area (Å²) in [6.45, 7) is 2.76. The third-order valence-corrected chi connectivity index (χ3v) is 1.83. The van der Waals surface area contributed by atoms with E-state index >= 15 is 0 Å². The van der Waals surface area contributed by atoms with Crippen LogP contribution in [0.25, 0.3) is 0 Å². The highest BCUT2D eigenvalue weighted by Gasteiger charge is 2.01. The zero-order valence-electron chi connectivity index (χ0n) is 6.75. The van der Waals surface area contributed by atoms with E-state index in [2.05, 4.69) is 6.92 Å². The molecule has 0 radical (unpaired) electrons. The van der Waals surface area contributed by atoms with Crippen LogP contribution < -0.4 is 11.5 Å². The number of anilines is 1. The van der Waals surface area contributed by atoms with Crippen LogP contribution in [0, 0.1) is 0 Å². The Labute approximate surface area is 67.2 Å². The molecule has 1 aromatic rings. The fraction of sp³-hybridized carbons (Fsp3) is 0.333. The van der Waals surface area contributed by atoms with Gasteiger partial charge in [-0.2, -0.15) is 0 Å². The molecule has 0 saturated carbocycles. The average molecular weight is 150 g/mol. The van der Waals surface area contributed by atoms with Crippen molar-refractivity contribution in [1.82, 2.24) is 0 Å². The first-order valence-electron chi connectivity index (χ1n) is 3.79. The summed E-state index contributed by atoms with van der Waals surface area (Å²) in [4.78, 5) is 0. The summed E-state index contributed by atoms with van der Waals surface area (Å²) < 4.78 is 0. The van der Waals surface area contributed by atoms with Crippen LogP contribution in [0.4, 0.5) is 5.69 Å². The maximum Gasteiger partial charge on any atom is 0.0316 e. The molecule has 1 aromatic carbocycles. The first-order chi connectivity index (χ1) is 5.24. The van der Waals surface area contributed by atoms with Crippen molar-refractivity contribution in [2.45, 2.75) is 12.8 Å². The summed E-state index contributed by atoms with van der Waals surface area (Å²) >= 11 is 0. The minimum atomic E-state index is 0.401. The molecule has 11 heavy (non-hydrogen) atoms. The lowest BCUT2D eigenvalue weighted by atomic mass is 10.0. The minimum Gasteiger partial charge on any atom is -0.399 e. The van der Waals surface area contributed by atoms with Crippen molar-refractivity contribution in [1.29, 1.82) is 0 Å². The lowest BCUT2D eigenvalue weighted by Gasteiger charge is -2.08. The second kappa shape index (κ2) is 3.39. The Kier molecular flexibility index (Phi) is 2.49. The van der Waals surface area contributed by atoms with E-state index in [4.69, 9.17) is 11.5 Å². The second-order valence-electron chi connectivity index (χ2n) is 2.81. The van der Waals surface area contributed by atoms with Crippen molar-refractivity contribution in [3.63, 3.8) is 0 Å². The molecule has 0 aliphatic heterocycles. The highest BCUT2D eigenvalue weighted by Crippen LogP contribution is 2.15. The van der Waals surface area contributed by atoms with E-state index in [1.165, 1.54) is 5.56 Å². The van der Waals surface area contributed by atoms with Crippen LogP contribution in [0.15, 0.2) is 24.3 Å². The van der Waals surface area contributed by atoms with Crippen molar-refractivity contribution < 1.29 is 0 Å². The molecule has 0 aliphatic carbocycles. The molecule has 0 fully saturated rings. The zero-order chi connectivity index (χ0) is 8.27. The summed E-state index contributed by atoms with van der Waals surface area (Å²) in [5, 5.41) is 0. The predicted molar refractivity (Wildman–Crippen MR) is 48.3 cm³/mol. The fourth-order valence-electron chi connectivity index (χ4n) is 1.00. The van der Waals surface area contributed by atoms with Crippen molar-refractivity contribution >= 4 is 5.69 Å². The van der Waals surface area contributed by atoms with Gasteiger partial charge in [-0.25, -0.2) is 0 Å². The average Bonchev–Trinajstić information content (AvgIpc) is 2.03. The Morgan fingerprint density at radius 3 is 2.73 bits per heavy atom. The third kappa shape index (κ3) is 1.95.